The van der Waals surface area contributed by atoms with Gasteiger partial charge in [-0.25, -0.2) is 0 Å². The largest absolute Gasteiger partial charge is 0.508 e. The van der Waals surface area contributed by atoms with E-state index in [1.807, 2.05) is 6.07 Å². The molecule has 0 radical (unpaired) electrons. The summed E-state index contributed by atoms with van der Waals surface area (Å²) in [7, 11) is 0. The molecular formula is C23H38O3. The van der Waals surface area contributed by atoms with E-state index in [1.54, 1.807) is 19.9 Å². The number of benzene rings is 1. The number of aliphatic carboxylic acids is 1. The third kappa shape index (κ3) is 8.25. The first-order valence-electron chi connectivity index (χ1n) is 10.1. The standard InChI is InChI=1S/C23H38O3/c1-22(2,3)16-10-8-12-18-13-11-15-20(24)19(18)14-7-6-9-17-23(4,5)21(25)26/h11,13,15,24H,6-10,12,14,16-17H2,1-5H3,(H,25,26). The number of carbonyl (C=O) groups is 1. The van der Waals surface area contributed by atoms with Crippen LogP contribution in [0.3, 0.4) is 0 Å². The Kier molecular flexibility index (Phi) is 8.66. The van der Waals surface area contributed by atoms with Crippen LogP contribution in [-0.4, -0.2) is 16.2 Å². The average Bonchev–Trinajstić information content (AvgIpc) is 2.52. The summed E-state index contributed by atoms with van der Waals surface area (Å²) in [4.78, 5) is 11.1. The number of carboxylic acid groups (broad SMARTS) is 1. The van der Waals surface area contributed by atoms with Gasteiger partial charge in [0.05, 0.1) is 5.41 Å². The van der Waals surface area contributed by atoms with Crippen LogP contribution in [-0.2, 0) is 17.6 Å². The Morgan fingerprint density at radius 1 is 0.885 bits per heavy atom. The van der Waals surface area contributed by atoms with Crippen molar-refractivity contribution in [3.05, 3.63) is 29.3 Å². The first-order valence-corrected chi connectivity index (χ1v) is 10.1. The fourth-order valence-corrected chi connectivity index (χ4v) is 3.27. The number of aryl methyl sites for hydroxylation is 1. The van der Waals surface area contributed by atoms with Crippen molar-refractivity contribution < 1.29 is 15.0 Å². The highest BCUT2D eigenvalue weighted by molar-refractivity contribution is 5.73. The lowest BCUT2D eigenvalue weighted by Crippen LogP contribution is -2.23. The molecule has 1 aromatic carbocycles. The Morgan fingerprint density at radius 3 is 2.12 bits per heavy atom. The lowest BCUT2D eigenvalue weighted by atomic mass is 9.86. The highest BCUT2D eigenvalue weighted by Crippen LogP contribution is 2.28. The van der Waals surface area contributed by atoms with Crippen LogP contribution in [0.25, 0.3) is 0 Å². The van der Waals surface area contributed by atoms with Gasteiger partial charge in [0.25, 0.3) is 0 Å². The van der Waals surface area contributed by atoms with Crippen LogP contribution in [0.5, 0.6) is 5.75 Å². The number of unbranched alkanes of at least 4 members (excludes halogenated alkanes) is 3. The van der Waals surface area contributed by atoms with Crippen LogP contribution < -0.4 is 0 Å². The number of phenolic OH excluding ortho intramolecular Hbond substituents is 1. The molecule has 3 heteroatoms. The minimum Gasteiger partial charge on any atom is -0.508 e. The summed E-state index contributed by atoms with van der Waals surface area (Å²) in [6, 6.07) is 5.86. The maximum Gasteiger partial charge on any atom is 0.309 e. The molecule has 0 aliphatic heterocycles. The molecular weight excluding hydrogens is 324 g/mol. The monoisotopic (exact) mass is 362 g/mol. The molecule has 0 aliphatic carbocycles. The highest BCUT2D eigenvalue weighted by atomic mass is 16.4. The number of hydrogen-bond acceptors (Lipinski definition) is 2. The lowest BCUT2D eigenvalue weighted by Gasteiger charge is -2.19. The number of phenols is 1. The molecule has 0 aliphatic rings. The number of aromatic hydroxyl groups is 1. The van der Waals surface area contributed by atoms with E-state index in [-0.39, 0.29) is 0 Å². The zero-order chi connectivity index (χ0) is 19.8. The van der Waals surface area contributed by atoms with Crippen LogP contribution in [0.15, 0.2) is 18.2 Å². The van der Waals surface area contributed by atoms with Crippen molar-refractivity contribution in [2.24, 2.45) is 10.8 Å². The Balaban J connectivity index is 2.47. The predicted molar refractivity (Wildman–Crippen MR) is 109 cm³/mol. The highest BCUT2D eigenvalue weighted by Gasteiger charge is 2.25. The van der Waals surface area contributed by atoms with Crippen LogP contribution in [0.2, 0.25) is 0 Å². The second-order valence-electron chi connectivity index (χ2n) is 9.43. The van der Waals surface area contributed by atoms with E-state index in [2.05, 4.69) is 26.8 Å². The van der Waals surface area contributed by atoms with Crippen molar-refractivity contribution in [1.82, 2.24) is 0 Å². The molecule has 1 aromatic rings. The van der Waals surface area contributed by atoms with Crippen LogP contribution in [0.1, 0.15) is 90.7 Å². The molecule has 0 saturated heterocycles. The second-order valence-corrected chi connectivity index (χ2v) is 9.43. The number of hydrogen-bond donors (Lipinski definition) is 2. The zero-order valence-electron chi connectivity index (χ0n) is 17.4. The summed E-state index contributed by atoms with van der Waals surface area (Å²) < 4.78 is 0. The smallest absolute Gasteiger partial charge is 0.309 e. The fraction of sp³-hybridized carbons (Fsp3) is 0.696. The lowest BCUT2D eigenvalue weighted by molar-refractivity contribution is -0.147. The molecule has 0 amide bonds. The summed E-state index contributed by atoms with van der Waals surface area (Å²) in [5, 5.41) is 19.4. The maximum absolute atomic E-state index is 11.1. The van der Waals surface area contributed by atoms with Gasteiger partial charge >= 0.3 is 5.97 Å². The summed E-state index contributed by atoms with van der Waals surface area (Å²) in [6.07, 6.45) is 9.07. The van der Waals surface area contributed by atoms with Crippen molar-refractivity contribution in [1.29, 1.82) is 0 Å². The normalized spacial score (nSPS) is 12.3. The molecule has 0 spiro atoms. The Bertz CT molecular complexity index is 567. The SMILES string of the molecule is CC(C)(C)CCCCc1cccc(O)c1CCCCCC(C)(C)C(=O)O. The van der Waals surface area contributed by atoms with Crippen molar-refractivity contribution in [2.75, 3.05) is 0 Å². The molecule has 0 saturated carbocycles. The van der Waals surface area contributed by atoms with E-state index < -0.39 is 11.4 Å². The van der Waals surface area contributed by atoms with Crippen LogP contribution in [0.4, 0.5) is 0 Å². The quantitative estimate of drug-likeness (QED) is 0.450. The third-order valence-electron chi connectivity index (χ3n) is 5.18. The van der Waals surface area contributed by atoms with Crippen LogP contribution >= 0.6 is 0 Å². The van der Waals surface area contributed by atoms with E-state index in [4.69, 9.17) is 5.11 Å². The van der Waals surface area contributed by atoms with E-state index in [9.17, 15) is 9.90 Å². The molecule has 0 heterocycles. The molecule has 26 heavy (non-hydrogen) atoms. The molecule has 148 valence electrons. The fourth-order valence-electron chi connectivity index (χ4n) is 3.27. The maximum atomic E-state index is 11.1. The molecule has 0 unspecified atom stereocenters. The van der Waals surface area contributed by atoms with Gasteiger partial charge in [-0.3, -0.25) is 4.79 Å². The minimum absolute atomic E-state index is 0.380. The van der Waals surface area contributed by atoms with E-state index in [0.29, 0.717) is 17.6 Å². The molecule has 2 N–H and O–H groups in total. The van der Waals surface area contributed by atoms with Gasteiger partial charge in [0.15, 0.2) is 0 Å². The van der Waals surface area contributed by atoms with Crippen LogP contribution in [0, 0.1) is 10.8 Å². The predicted octanol–water partition coefficient (Wildman–Crippen LogP) is 6.36. The van der Waals surface area contributed by atoms with Gasteiger partial charge in [-0.1, -0.05) is 52.2 Å². The number of rotatable bonds is 11. The average molecular weight is 363 g/mol. The zero-order valence-corrected chi connectivity index (χ0v) is 17.4. The Labute approximate surface area is 159 Å². The third-order valence-corrected chi connectivity index (χ3v) is 5.18. The van der Waals surface area contributed by atoms with Gasteiger partial charge in [-0.05, 0) is 75.0 Å². The van der Waals surface area contributed by atoms with Gasteiger partial charge in [0, 0.05) is 0 Å². The van der Waals surface area contributed by atoms with Crippen molar-refractivity contribution >= 4 is 5.97 Å². The van der Waals surface area contributed by atoms with E-state index in [0.717, 1.165) is 44.1 Å². The second kappa shape index (κ2) is 9.99. The Morgan fingerprint density at radius 2 is 1.50 bits per heavy atom. The molecule has 0 atom stereocenters. The van der Waals surface area contributed by atoms with Crippen molar-refractivity contribution in [2.45, 2.75) is 92.4 Å². The molecule has 3 nitrogen and oxygen atoms in total. The molecule has 0 fully saturated rings. The van der Waals surface area contributed by atoms with Crippen molar-refractivity contribution in [3.63, 3.8) is 0 Å². The van der Waals surface area contributed by atoms with E-state index >= 15 is 0 Å². The molecule has 0 bridgehead atoms. The first-order chi connectivity index (χ1) is 12.0. The Hall–Kier alpha value is -1.51. The summed E-state index contributed by atoms with van der Waals surface area (Å²) >= 11 is 0. The van der Waals surface area contributed by atoms with Gasteiger partial charge in [0.1, 0.15) is 5.75 Å². The van der Waals surface area contributed by atoms with Gasteiger partial charge < -0.3 is 10.2 Å². The molecule has 0 aromatic heterocycles. The van der Waals surface area contributed by atoms with Gasteiger partial charge in [0.2, 0.25) is 0 Å². The van der Waals surface area contributed by atoms with Gasteiger partial charge in [-0.2, -0.15) is 0 Å². The molecule has 1 rings (SSSR count). The number of carboxylic acids is 1. The van der Waals surface area contributed by atoms with Gasteiger partial charge in [-0.15, -0.1) is 0 Å². The van der Waals surface area contributed by atoms with E-state index in [1.165, 1.54) is 18.4 Å². The first kappa shape index (κ1) is 22.5. The topological polar surface area (TPSA) is 57.5 Å². The minimum atomic E-state index is -0.726. The summed E-state index contributed by atoms with van der Waals surface area (Å²) in [6.45, 7) is 10.4. The summed E-state index contributed by atoms with van der Waals surface area (Å²) in [5.41, 5.74) is 2.09. The van der Waals surface area contributed by atoms with Crippen molar-refractivity contribution in [3.8, 4) is 5.75 Å². The summed E-state index contributed by atoms with van der Waals surface area (Å²) in [5.74, 6) is -0.320.